The second-order valence-corrected chi connectivity index (χ2v) is 10.4. The van der Waals surface area contributed by atoms with Gasteiger partial charge in [-0.15, -0.1) is 0 Å². The first kappa shape index (κ1) is 32.2. The topological polar surface area (TPSA) is 190 Å². The third-order valence-electron chi connectivity index (χ3n) is 6.52. The number of benzene rings is 1. The van der Waals surface area contributed by atoms with Gasteiger partial charge in [0.25, 0.3) is 5.91 Å². The van der Waals surface area contributed by atoms with Crippen LogP contribution in [0.5, 0.6) is 0 Å². The maximum Gasteiger partial charge on any atom is 0.552 e. The van der Waals surface area contributed by atoms with Gasteiger partial charge in [-0.3, -0.25) is 24.0 Å². The Hall–Kier alpha value is -4.30. The number of hydrogen-bond donors (Lipinski definition) is 4. The number of amides is 2. The van der Waals surface area contributed by atoms with Gasteiger partial charge in [0.2, 0.25) is 5.91 Å². The lowest BCUT2D eigenvalue weighted by Crippen LogP contribution is -2.58. The van der Waals surface area contributed by atoms with Crippen LogP contribution < -0.4 is 10.6 Å². The van der Waals surface area contributed by atoms with Crippen molar-refractivity contribution >= 4 is 36.8 Å². The number of hydrogen-bond acceptors (Lipinski definition) is 10. The van der Waals surface area contributed by atoms with Gasteiger partial charge in [0.05, 0.1) is 37.7 Å². The Labute approximate surface area is 243 Å². The molecule has 0 radical (unpaired) electrons. The van der Waals surface area contributed by atoms with E-state index in [4.69, 9.17) is 9.31 Å². The monoisotopic (exact) mass is 583 g/mol. The minimum absolute atomic E-state index is 0.0165. The summed E-state index contributed by atoms with van der Waals surface area (Å²) in [6, 6.07) is 12.6. The van der Waals surface area contributed by atoms with E-state index in [1.165, 1.54) is 13.0 Å². The number of carbonyl (C=O) groups is 5. The smallest absolute Gasteiger partial charge is 0.506 e. The van der Waals surface area contributed by atoms with Crippen LogP contribution in [0, 0.1) is 5.92 Å². The van der Waals surface area contributed by atoms with Gasteiger partial charge < -0.3 is 34.9 Å². The maximum absolute atomic E-state index is 13.4. The highest BCUT2D eigenvalue weighted by molar-refractivity contribution is 6.51. The molecule has 1 saturated heterocycles. The third kappa shape index (κ3) is 8.14. The summed E-state index contributed by atoms with van der Waals surface area (Å²) in [4.78, 5) is 67.1. The van der Waals surface area contributed by atoms with Crippen molar-refractivity contribution < 1.29 is 48.2 Å². The molecular weight excluding hydrogens is 549 g/mol. The molecule has 0 aliphatic carbocycles. The fraction of sp³-hybridized carbons (Fsp3) is 0.429. The number of methoxy groups -OCH3 is 1. The first-order valence-electron chi connectivity index (χ1n) is 13.3. The van der Waals surface area contributed by atoms with E-state index in [-0.39, 0.29) is 18.0 Å². The average molecular weight is 583 g/mol. The molecule has 13 nitrogen and oxygen atoms in total. The van der Waals surface area contributed by atoms with E-state index in [9.17, 15) is 34.2 Å². The lowest BCUT2D eigenvalue weighted by molar-refractivity contribution is -0.159. The predicted molar refractivity (Wildman–Crippen MR) is 149 cm³/mol. The standard InChI is InChI=1S/C28H34BN3O10/c1-16(2)13-21(29-41-27(39)28(42-29,14-22(34)35)15-23(36)40-4)31-26(38)24(17(3)33)32-25(37)20-12-8-11-19(30-20)18-9-6-5-7-10-18/h5-12,16-17,21,24,33H,13-15H2,1-4H3,(H,31,38)(H,32,37)(H,34,35)/t17?,21?,24?,28-/m0/s1. The number of aliphatic carboxylic acids is 1. The van der Waals surface area contributed by atoms with Crippen molar-refractivity contribution in [3.63, 3.8) is 0 Å². The number of esters is 1. The molecule has 2 amide bonds. The lowest BCUT2D eigenvalue weighted by Gasteiger charge is -2.27. The number of pyridine rings is 1. The van der Waals surface area contributed by atoms with Gasteiger partial charge in [0, 0.05) is 5.56 Å². The van der Waals surface area contributed by atoms with E-state index in [1.807, 2.05) is 44.2 Å². The summed E-state index contributed by atoms with van der Waals surface area (Å²) in [5.41, 5.74) is -0.819. The first-order chi connectivity index (χ1) is 19.8. The molecule has 3 rings (SSSR count). The van der Waals surface area contributed by atoms with Gasteiger partial charge >= 0.3 is 25.0 Å². The highest BCUT2D eigenvalue weighted by Crippen LogP contribution is 2.33. The largest absolute Gasteiger partial charge is 0.552 e. The normalized spacial score (nSPS) is 18.5. The maximum atomic E-state index is 13.4. The molecule has 0 spiro atoms. The summed E-state index contributed by atoms with van der Waals surface area (Å²) in [6.45, 7) is 4.97. The van der Waals surface area contributed by atoms with Crippen LogP contribution >= 0.6 is 0 Å². The van der Waals surface area contributed by atoms with E-state index in [1.54, 1.807) is 12.1 Å². The summed E-state index contributed by atoms with van der Waals surface area (Å²) < 4.78 is 15.6. The Balaban J connectivity index is 1.80. The van der Waals surface area contributed by atoms with Crippen molar-refractivity contribution in [2.24, 2.45) is 5.92 Å². The van der Waals surface area contributed by atoms with Crippen molar-refractivity contribution in [3.05, 3.63) is 54.2 Å². The molecule has 1 fully saturated rings. The second-order valence-electron chi connectivity index (χ2n) is 10.4. The summed E-state index contributed by atoms with van der Waals surface area (Å²) >= 11 is 0. The van der Waals surface area contributed by atoms with E-state index >= 15 is 0 Å². The highest BCUT2D eigenvalue weighted by Gasteiger charge is 2.58. The van der Waals surface area contributed by atoms with Gasteiger partial charge in [0.1, 0.15) is 11.7 Å². The Morgan fingerprint density at radius 3 is 2.31 bits per heavy atom. The molecule has 4 atom stereocenters. The molecule has 0 bridgehead atoms. The van der Waals surface area contributed by atoms with Gasteiger partial charge in [-0.25, -0.2) is 4.98 Å². The Kier molecular flexibility index (Phi) is 10.8. The van der Waals surface area contributed by atoms with E-state index in [0.717, 1.165) is 12.7 Å². The van der Waals surface area contributed by atoms with Crippen molar-refractivity contribution in [1.29, 1.82) is 0 Å². The minimum atomic E-state index is -2.16. The van der Waals surface area contributed by atoms with Crippen LogP contribution in [-0.2, 0) is 33.2 Å². The van der Waals surface area contributed by atoms with Gasteiger partial charge in [-0.05, 0) is 31.4 Å². The minimum Gasteiger partial charge on any atom is -0.506 e. The first-order valence-corrected chi connectivity index (χ1v) is 13.3. The van der Waals surface area contributed by atoms with E-state index in [0.29, 0.717) is 5.69 Å². The average Bonchev–Trinajstić information content (AvgIpc) is 3.25. The third-order valence-corrected chi connectivity index (χ3v) is 6.52. The van der Waals surface area contributed by atoms with Crippen LogP contribution in [0.1, 0.15) is 50.5 Å². The Bertz CT molecular complexity index is 1310. The van der Waals surface area contributed by atoms with Crippen molar-refractivity contribution in [2.75, 3.05) is 7.11 Å². The number of aliphatic hydroxyl groups excluding tert-OH is 1. The summed E-state index contributed by atoms with van der Waals surface area (Å²) in [5, 5.41) is 24.9. The van der Waals surface area contributed by atoms with E-state index in [2.05, 4.69) is 20.4 Å². The summed E-state index contributed by atoms with van der Waals surface area (Å²) in [5.74, 6) is -6.01. The van der Waals surface area contributed by atoms with Crippen LogP contribution in [0.15, 0.2) is 48.5 Å². The number of carboxylic acid groups (broad SMARTS) is 1. The van der Waals surface area contributed by atoms with Crippen LogP contribution in [0.2, 0.25) is 0 Å². The van der Waals surface area contributed by atoms with Crippen LogP contribution in [0.4, 0.5) is 0 Å². The predicted octanol–water partition coefficient (Wildman–Crippen LogP) is 1.14. The van der Waals surface area contributed by atoms with Gasteiger partial charge in [0.15, 0.2) is 5.60 Å². The fourth-order valence-electron chi connectivity index (χ4n) is 4.48. The van der Waals surface area contributed by atoms with E-state index < -0.39 is 73.4 Å². The molecule has 0 saturated carbocycles. The Morgan fingerprint density at radius 1 is 1.02 bits per heavy atom. The van der Waals surface area contributed by atoms with Crippen LogP contribution in [0.3, 0.4) is 0 Å². The number of nitrogens with zero attached hydrogens (tertiary/aromatic N) is 1. The lowest BCUT2D eigenvalue weighted by atomic mass is 9.73. The number of nitrogens with one attached hydrogen (secondary N) is 2. The molecule has 224 valence electrons. The summed E-state index contributed by atoms with van der Waals surface area (Å²) in [7, 11) is -0.378. The molecule has 1 aromatic heterocycles. The van der Waals surface area contributed by atoms with Gasteiger partial charge in [-0.2, -0.15) is 0 Å². The van der Waals surface area contributed by atoms with Gasteiger partial charge in [-0.1, -0.05) is 50.2 Å². The highest BCUT2D eigenvalue weighted by atomic mass is 16.7. The van der Waals surface area contributed by atoms with Crippen molar-refractivity contribution in [2.45, 2.75) is 63.7 Å². The molecular formula is C28H34BN3O10. The molecule has 2 heterocycles. The summed E-state index contributed by atoms with van der Waals surface area (Å²) in [6.07, 6.45) is -2.73. The Morgan fingerprint density at radius 2 is 1.71 bits per heavy atom. The molecule has 4 N–H and O–H groups in total. The number of aromatic nitrogens is 1. The molecule has 14 heteroatoms. The molecule has 2 aromatic rings. The zero-order valence-corrected chi connectivity index (χ0v) is 23.7. The fourth-order valence-corrected chi connectivity index (χ4v) is 4.48. The molecule has 1 aromatic carbocycles. The van der Waals surface area contributed by atoms with Crippen molar-refractivity contribution in [3.8, 4) is 11.3 Å². The molecule has 1 aliphatic heterocycles. The molecule has 1 aliphatic rings. The van der Waals surface area contributed by atoms with Crippen molar-refractivity contribution in [1.82, 2.24) is 15.6 Å². The second kappa shape index (κ2) is 14.1. The quantitative estimate of drug-likeness (QED) is 0.195. The van der Waals surface area contributed by atoms with Crippen LogP contribution in [0.25, 0.3) is 11.3 Å². The zero-order chi connectivity index (χ0) is 31.0. The molecule has 42 heavy (non-hydrogen) atoms. The SMILES string of the molecule is COC(=O)C[C@]1(CC(=O)O)OB(C(CC(C)C)NC(=O)C(NC(=O)c2cccc(-c3ccccc3)n2)C(C)O)OC1=O. The number of rotatable bonds is 13. The zero-order valence-electron chi connectivity index (χ0n) is 23.7. The number of aliphatic hydroxyl groups is 1. The number of carbonyl (C=O) groups excluding carboxylic acids is 4. The number of carboxylic acids is 1. The number of ether oxygens (including phenoxy) is 1. The molecule has 3 unspecified atom stereocenters. The van der Waals surface area contributed by atoms with Crippen LogP contribution in [-0.4, -0.2) is 82.8 Å².